The van der Waals surface area contributed by atoms with Gasteiger partial charge in [-0.25, -0.2) is 4.98 Å². The van der Waals surface area contributed by atoms with Crippen LogP contribution in [0.4, 0.5) is 5.82 Å². The summed E-state index contributed by atoms with van der Waals surface area (Å²) in [5.74, 6) is 1.07. The highest BCUT2D eigenvalue weighted by molar-refractivity contribution is 5.39. The zero-order valence-corrected chi connectivity index (χ0v) is 8.61. The number of pyridine rings is 1. The van der Waals surface area contributed by atoms with E-state index >= 15 is 0 Å². The van der Waals surface area contributed by atoms with Crippen LogP contribution in [0.3, 0.4) is 0 Å². The summed E-state index contributed by atoms with van der Waals surface area (Å²) in [5.41, 5.74) is 7.00. The Morgan fingerprint density at radius 2 is 2.36 bits per heavy atom. The zero-order chi connectivity index (χ0) is 9.97. The lowest BCUT2D eigenvalue weighted by atomic mass is 10.1. The van der Waals surface area contributed by atoms with E-state index in [9.17, 15) is 0 Å². The van der Waals surface area contributed by atoms with Gasteiger partial charge < -0.3 is 10.6 Å². The molecule has 0 bridgehead atoms. The van der Waals surface area contributed by atoms with Gasteiger partial charge in [-0.3, -0.25) is 0 Å². The summed E-state index contributed by atoms with van der Waals surface area (Å²) in [6.45, 7) is 4.05. The third kappa shape index (κ3) is 2.04. The maximum Gasteiger partial charge on any atom is 0.128 e. The molecule has 0 saturated carbocycles. The van der Waals surface area contributed by atoms with Crippen LogP contribution >= 0.6 is 0 Å². The lowest BCUT2D eigenvalue weighted by Gasteiger charge is -2.31. The average Bonchev–Trinajstić information content (AvgIpc) is 2.18. The summed E-state index contributed by atoms with van der Waals surface area (Å²) < 4.78 is 0. The minimum atomic E-state index is 0.311. The Kier molecular flexibility index (Phi) is 2.68. The Hall–Kier alpha value is -1.09. The molecule has 1 atom stereocenters. The van der Waals surface area contributed by atoms with E-state index in [-0.39, 0.29) is 0 Å². The fraction of sp³-hybridized carbons (Fsp3) is 0.545. The van der Waals surface area contributed by atoms with Crippen molar-refractivity contribution in [1.29, 1.82) is 0 Å². The molecule has 3 heteroatoms. The van der Waals surface area contributed by atoms with Crippen molar-refractivity contribution in [2.75, 3.05) is 18.0 Å². The quantitative estimate of drug-likeness (QED) is 0.728. The van der Waals surface area contributed by atoms with Crippen LogP contribution in [0.15, 0.2) is 18.2 Å². The standard InChI is InChI=1S/C11H17N3/c1-9-4-2-6-11(13-9)14-7-3-5-10(12)8-14/h2,4,6,10H,3,5,7-8,12H2,1H3/t10-/m0/s1. The predicted molar refractivity (Wildman–Crippen MR) is 58.4 cm³/mol. The van der Waals surface area contributed by atoms with E-state index < -0.39 is 0 Å². The van der Waals surface area contributed by atoms with Crippen molar-refractivity contribution >= 4 is 5.82 Å². The number of piperidine rings is 1. The van der Waals surface area contributed by atoms with Crippen molar-refractivity contribution in [2.45, 2.75) is 25.8 Å². The van der Waals surface area contributed by atoms with E-state index in [1.165, 1.54) is 6.42 Å². The molecule has 0 amide bonds. The van der Waals surface area contributed by atoms with Crippen LogP contribution in [0.5, 0.6) is 0 Å². The number of aryl methyl sites for hydroxylation is 1. The summed E-state index contributed by atoms with van der Waals surface area (Å²) in [6.07, 6.45) is 2.32. The van der Waals surface area contributed by atoms with Crippen molar-refractivity contribution in [3.8, 4) is 0 Å². The van der Waals surface area contributed by atoms with Gasteiger partial charge in [0.2, 0.25) is 0 Å². The lowest BCUT2D eigenvalue weighted by molar-refractivity contribution is 0.503. The Bertz CT molecular complexity index is 311. The van der Waals surface area contributed by atoms with Crippen LogP contribution < -0.4 is 10.6 Å². The first-order valence-electron chi connectivity index (χ1n) is 5.20. The summed E-state index contributed by atoms with van der Waals surface area (Å²) in [6, 6.07) is 6.45. The molecule has 0 spiro atoms. The van der Waals surface area contributed by atoms with E-state index in [0.29, 0.717) is 6.04 Å². The van der Waals surface area contributed by atoms with Gasteiger partial charge in [-0.15, -0.1) is 0 Å². The maximum atomic E-state index is 5.93. The van der Waals surface area contributed by atoms with Crippen molar-refractivity contribution < 1.29 is 0 Å². The van der Waals surface area contributed by atoms with Gasteiger partial charge in [-0.2, -0.15) is 0 Å². The molecule has 1 aromatic heterocycles. The third-order valence-electron chi connectivity index (χ3n) is 2.66. The Balaban J connectivity index is 2.14. The fourth-order valence-electron chi connectivity index (χ4n) is 1.92. The van der Waals surface area contributed by atoms with Gasteiger partial charge in [0.05, 0.1) is 0 Å². The molecule has 1 saturated heterocycles. The van der Waals surface area contributed by atoms with Gasteiger partial charge in [-0.1, -0.05) is 6.07 Å². The molecule has 1 aromatic rings. The average molecular weight is 191 g/mol. The number of anilines is 1. The van der Waals surface area contributed by atoms with E-state index in [1.54, 1.807) is 0 Å². The molecule has 0 unspecified atom stereocenters. The molecule has 2 heterocycles. The van der Waals surface area contributed by atoms with Crippen molar-refractivity contribution in [3.05, 3.63) is 23.9 Å². The van der Waals surface area contributed by atoms with E-state index in [4.69, 9.17) is 5.73 Å². The van der Waals surface area contributed by atoms with E-state index in [0.717, 1.165) is 31.0 Å². The van der Waals surface area contributed by atoms with Crippen LogP contribution in [0.2, 0.25) is 0 Å². The fourth-order valence-corrected chi connectivity index (χ4v) is 1.92. The van der Waals surface area contributed by atoms with Gasteiger partial charge in [0.25, 0.3) is 0 Å². The molecule has 76 valence electrons. The summed E-state index contributed by atoms with van der Waals surface area (Å²) in [7, 11) is 0. The molecule has 14 heavy (non-hydrogen) atoms. The van der Waals surface area contributed by atoms with Crippen LogP contribution in [0.1, 0.15) is 18.5 Å². The predicted octanol–water partition coefficient (Wildman–Crippen LogP) is 1.32. The second-order valence-corrected chi connectivity index (χ2v) is 3.99. The highest BCUT2D eigenvalue weighted by atomic mass is 15.2. The number of nitrogens with two attached hydrogens (primary N) is 1. The van der Waals surface area contributed by atoms with Crippen LogP contribution in [0.25, 0.3) is 0 Å². The van der Waals surface area contributed by atoms with Crippen LogP contribution in [0, 0.1) is 6.92 Å². The minimum Gasteiger partial charge on any atom is -0.355 e. The van der Waals surface area contributed by atoms with Crippen LogP contribution in [-0.2, 0) is 0 Å². The SMILES string of the molecule is Cc1cccc(N2CCC[C@H](N)C2)n1. The normalized spacial score (nSPS) is 22.4. The smallest absolute Gasteiger partial charge is 0.128 e. The highest BCUT2D eigenvalue weighted by Gasteiger charge is 2.17. The van der Waals surface area contributed by atoms with Gasteiger partial charge in [0.15, 0.2) is 0 Å². The highest BCUT2D eigenvalue weighted by Crippen LogP contribution is 2.16. The number of aromatic nitrogens is 1. The number of nitrogens with zero attached hydrogens (tertiary/aromatic N) is 2. The molecule has 1 aliphatic heterocycles. The summed E-state index contributed by atoms with van der Waals surface area (Å²) in [4.78, 5) is 6.78. The molecule has 1 fully saturated rings. The molecule has 2 rings (SSSR count). The number of hydrogen-bond donors (Lipinski definition) is 1. The van der Waals surface area contributed by atoms with Crippen molar-refractivity contribution in [3.63, 3.8) is 0 Å². The van der Waals surface area contributed by atoms with E-state index in [1.807, 2.05) is 13.0 Å². The topological polar surface area (TPSA) is 42.1 Å². The minimum absolute atomic E-state index is 0.311. The second-order valence-electron chi connectivity index (χ2n) is 3.99. The molecule has 0 aliphatic carbocycles. The molecule has 1 aliphatic rings. The largest absolute Gasteiger partial charge is 0.355 e. The molecular weight excluding hydrogens is 174 g/mol. The monoisotopic (exact) mass is 191 g/mol. The molecule has 0 radical (unpaired) electrons. The molecule has 0 aromatic carbocycles. The Morgan fingerprint density at radius 1 is 1.50 bits per heavy atom. The second kappa shape index (κ2) is 3.96. The molecular formula is C11H17N3. The maximum absolute atomic E-state index is 5.93. The molecule has 3 nitrogen and oxygen atoms in total. The van der Waals surface area contributed by atoms with Crippen LogP contribution in [-0.4, -0.2) is 24.1 Å². The van der Waals surface area contributed by atoms with Gasteiger partial charge in [0.1, 0.15) is 5.82 Å². The number of rotatable bonds is 1. The first-order chi connectivity index (χ1) is 6.75. The first-order valence-corrected chi connectivity index (χ1v) is 5.20. The summed E-state index contributed by atoms with van der Waals surface area (Å²) >= 11 is 0. The zero-order valence-electron chi connectivity index (χ0n) is 8.61. The summed E-state index contributed by atoms with van der Waals surface area (Å²) in [5, 5.41) is 0. The lowest BCUT2D eigenvalue weighted by Crippen LogP contribution is -2.43. The van der Waals surface area contributed by atoms with Gasteiger partial charge in [0, 0.05) is 24.8 Å². The Labute approximate surface area is 84.9 Å². The van der Waals surface area contributed by atoms with E-state index in [2.05, 4.69) is 22.0 Å². The van der Waals surface area contributed by atoms with Crippen molar-refractivity contribution in [2.24, 2.45) is 5.73 Å². The van der Waals surface area contributed by atoms with Gasteiger partial charge in [-0.05, 0) is 31.9 Å². The third-order valence-corrected chi connectivity index (χ3v) is 2.66. The van der Waals surface area contributed by atoms with Crippen molar-refractivity contribution in [1.82, 2.24) is 4.98 Å². The Morgan fingerprint density at radius 3 is 3.07 bits per heavy atom. The number of hydrogen-bond acceptors (Lipinski definition) is 3. The molecule has 2 N–H and O–H groups in total. The first kappa shape index (κ1) is 9.46. The van der Waals surface area contributed by atoms with Gasteiger partial charge >= 0.3 is 0 Å².